The van der Waals surface area contributed by atoms with Crippen LogP contribution in [0.5, 0.6) is 5.75 Å². The number of carbonyl (C=O) groups is 2. The van der Waals surface area contributed by atoms with Crippen LogP contribution >= 0.6 is 45.2 Å². The number of para-hydroxylation sites is 1. The first kappa shape index (κ1) is 22.7. The fourth-order valence-corrected chi connectivity index (χ4v) is 4.28. The number of hydrogen-bond donors (Lipinski definition) is 3. The highest BCUT2D eigenvalue weighted by Crippen LogP contribution is 2.28. The van der Waals surface area contributed by atoms with E-state index in [-0.39, 0.29) is 18.1 Å². The Labute approximate surface area is 191 Å². The van der Waals surface area contributed by atoms with Crippen LogP contribution in [0.3, 0.4) is 0 Å². The molecule has 0 fully saturated rings. The number of carbonyl (C=O) groups excluding carboxylic acids is 2. The summed E-state index contributed by atoms with van der Waals surface area (Å²) in [5, 5.41) is 15.4. The zero-order valence-corrected chi connectivity index (χ0v) is 20.1. The van der Waals surface area contributed by atoms with Crippen molar-refractivity contribution in [3.8, 4) is 5.75 Å². The molecule has 150 valence electrons. The van der Waals surface area contributed by atoms with E-state index >= 15 is 0 Å². The Balaban J connectivity index is 2.22. The van der Waals surface area contributed by atoms with Crippen molar-refractivity contribution >= 4 is 62.9 Å². The van der Waals surface area contributed by atoms with Gasteiger partial charge in [-0.05, 0) is 95.8 Å². The van der Waals surface area contributed by atoms with Crippen molar-refractivity contribution in [2.75, 3.05) is 5.32 Å². The Morgan fingerprint density at radius 3 is 2.21 bits per heavy atom. The Bertz CT molecular complexity index is 828. The summed E-state index contributed by atoms with van der Waals surface area (Å²) in [6, 6.07) is 11.8. The molecule has 0 radical (unpaired) electrons. The van der Waals surface area contributed by atoms with Crippen LogP contribution in [0.2, 0.25) is 0 Å². The molecule has 2 rings (SSSR count). The van der Waals surface area contributed by atoms with Crippen LogP contribution in [-0.2, 0) is 16.0 Å². The molecular weight excluding hydrogens is 586 g/mol. The first-order valence-corrected chi connectivity index (χ1v) is 10.7. The van der Waals surface area contributed by atoms with Gasteiger partial charge in [-0.1, -0.05) is 18.2 Å². The summed E-state index contributed by atoms with van der Waals surface area (Å²) in [5.74, 6) is -0.148. The van der Waals surface area contributed by atoms with Crippen LogP contribution < -0.4 is 10.6 Å². The number of nitrogens with one attached hydrogen (secondary N) is 2. The predicted octanol–water partition coefficient (Wildman–Crippen LogP) is 4.68. The molecule has 3 N–H and O–H groups in total. The Morgan fingerprint density at radius 1 is 1.11 bits per heavy atom. The Kier molecular flexibility index (Phi) is 7.93. The second kappa shape index (κ2) is 9.77. The third kappa shape index (κ3) is 7.12. The molecule has 0 unspecified atom stereocenters. The van der Waals surface area contributed by atoms with Gasteiger partial charge < -0.3 is 20.5 Å². The number of alkyl carbamates (subject to hydrolysis) is 1. The van der Waals surface area contributed by atoms with E-state index in [0.717, 1.165) is 5.56 Å². The van der Waals surface area contributed by atoms with Gasteiger partial charge in [0.15, 0.2) is 0 Å². The van der Waals surface area contributed by atoms with Crippen molar-refractivity contribution in [2.45, 2.75) is 38.8 Å². The fraction of sp³-hybridized carbons (Fsp3) is 0.300. The van der Waals surface area contributed by atoms with Gasteiger partial charge in [-0.3, -0.25) is 4.79 Å². The lowest BCUT2D eigenvalue weighted by Crippen LogP contribution is -2.47. The number of amides is 2. The van der Waals surface area contributed by atoms with Gasteiger partial charge in [-0.15, -0.1) is 0 Å². The maximum Gasteiger partial charge on any atom is 0.408 e. The minimum atomic E-state index is -0.841. The number of hydrogen-bond acceptors (Lipinski definition) is 4. The highest BCUT2D eigenvalue weighted by molar-refractivity contribution is 14.1. The molecule has 2 aromatic carbocycles. The van der Waals surface area contributed by atoms with Crippen molar-refractivity contribution in [3.63, 3.8) is 0 Å². The number of phenols is 1. The van der Waals surface area contributed by atoms with Crippen LogP contribution in [0.15, 0.2) is 42.5 Å². The van der Waals surface area contributed by atoms with E-state index in [4.69, 9.17) is 4.74 Å². The van der Waals surface area contributed by atoms with E-state index in [9.17, 15) is 14.7 Å². The molecule has 2 amide bonds. The number of benzene rings is 2. The quantitative estimate of drug-likeness (QED) is 0.431. The van der Waals surface area contributed by atoms with Crippen LogP contribution in [0.25, 0.3) is 0 Å². The number of halogens is 2. The number of phenolic OH excluding ortho intramolecular Hbond substituents is 1. The molecule has 2 aromatic rings. The largest absolute Gasteiger partial charge is 0.506 e. The molecule has 0 saturated heterocycles. The topological polar surface area (TPSA) is 87.7 Å². The smallest absolute Gasteiger partial charge is 0.408 e. The van der Waals surface area contributed by atoms with Gasteiger partial charge in [0.2, 0.25) is 5.91 Å². The molecular formula is C20H22I2N2O4. The van der Waals surface area contributed by atoms with E-state index in [1.807, 2.05) is 63.4 Å². The van der Waals surface area contributed by atoms with Gasteiger partial charge in [-0.25, -0.2) is 4.79 Å². The second-order valence-electron chi connectivity index (χ2n) is 7.17. The molecule has 28 heavy (non-hydrogen) atoms. The maximum atomic E-state index is 12.8. The number of ether oxygens (including phenoxy) is 1. The molecule has 0 aliphatic heterocycles. The zero-order valence-electron chi connectivity index (χ0n) is 15.8. The Morgan fingerprint density at radius 2 is 1.68 bits per heavy atom. The number of aromatic hydroxyl groups is 1. The van der Waals surface area contributed by atoms with Gasteiger partial charge in [0, 0.05) is 12.1 Å². The number of anilines is 1. The summed E-state index contributed by atoms with van der Waals surface area (Å²) in [6.07, 6.45) is -0.409. The summed E-state index contributed by atoms with van der Waals surface area (Å²) in [4.78, 5) is 25.1. The lowest BCUT2D eigenvalue weighted by molar-refractivity contribution is -0.118. The zero-order chi connectivity index (χ0) is 20.9. The Hall–Kier alpha value is -1.56. The van der Waals surface area contributed by atoms with Crippen LogP contribution in [0.1, 0.15) is 26.3 Å². The average Bonchev–Trinajstić information content (AvgIpc) is 2.58. The molecule has 0 aliphatic carbocycles. The maximum absolute atomic E-state index is 12.8. The SMILES string of the molecule is CC(C)(C)OC(=O)N[C@H](Cc1cc(I)c(O)c(I)c1)C(=O)Nc1ccccc1. The van der Waals surface area contributed by atoms with Crippen LogP contribution in [0.4, 0.5) is 10.5 Å². The normalized spacial score (nSPS) is 12.2. The van der Waals surface area contributed by atoms with Crippen molar-refractivity contribution in [1.29, 1.82) is 0 Å². The van der Waals surface area contributed by atoms with Crippen LogP contribution in [-0.4, -0.2) is 28.7 Å². The summed E-state index contributed by atoms with van der Waals surface area (Å²) in [6.45, 7) is 5.28. The standard InChI is InChI=1S/C20H22I2N2O4/c1-20(2,3)28-19(27)24-16(18(26)23-13-7-5-4-6-8-13)11-12-9-14(21)17(25)15(22)10-12/h4-10,16,25H,11H2,1-3H3,(H,23,26)(H,24,27)/t16-/m1/s1. The van der Waals surface area contributed by atoms with E-state index in [2.05, 4.69) is 10.6 Å². The van der Waals surface area contributed by atoms with Crippen molar-refractivity contribution in [3.05, 3.63) is 55.2 Å². The molecule has 0 aliphatic rings. The molecule has 6 nitrogen and oxygen atoms in total. The fourth-order valence-electron chi connectivity index (χ4n) is 2.38. The molecule has 1 atom stereocenters. The minimum Gasteiger partial charge on any atom is -0.506 e. The highest BCUT2D eigenvalue weighted by atomic mass is 127. The molecule has 8 heteroatoms. The second-order valence-corrected chi connectivity index (χ2v) is 9.49. The van der Waals surface area contributed by atoms with Crippen LogP contribution in [0, 0.1) is 7.14 Å². The minimum absolute atomic E-state index is 0.204. The van der Waals surface area contributed by atoms with E-state index < -0.39 is 17.7 Å². The molecule has 0 spiro atoms. The van der Waals surface area contributed by atoms with Crippen molar-refractivity contribution < 1.29 is 19.4 Å². The average molecular weight is 608 g/mol. The first-order valence-electron chi connectivity index (χ1n) is 8.57. The third-order valence-corrected chi connectivity index (χ3v) is 5.21. The summed E-state index contributed by atoms with van der Waals surface area (Å²) in [7, 11) is 0. The van der Waals surface area contributed by atoms with Crippen molar-refractivity contribution in [2.24, 2.45) is 0 Å². The summed E-state index contributed by atoms with van der Waals surface area (Å²) < 4.78 is 6.66. The van der Waals surface area contributed by atoms with Gasteiger partial charge in [-0.2, -0.15) is 0 Å². The van der Waals surface area contributed by atoms with Gasteiger partial charge in [0.25, 0.3) is 0 Å². The lowest BCUT2D eigenvalue weighted by atomic mass is 10.0. The number of rotatable bonds is 5. The van der Waals surface area contributed by atoms with E-state index in [0.29, 0.717) is 12.8 Å². The molecule has 0 saturated carbocycles. The van der Waals surface area contributed by atoms with E-state index in [1.165, 1.54) is 0 Å². The van der Waals surface area contributed by atoms with Gasteiger partial charge in [0.1, 0.15) is 17.4 Å². The van der Waals surface area contributed by atoms with Gasteiger partial charge >= 0.3 is 6.09 Å². The van der Waals surface area contributed by atoms with E-state index in [1.54, 1.807) is 45.0 Å². The molecule has 0 bridgehead atoms. The first-order chi connectivity index (χ1) is 13.0. The third-order valence-electron chi connectivity index (χ3n) is 3.57. The monoisotopic (exact) mass is 608 g/mol. The highest BCUT2D eigenvalue weighted by Gasteiger charge is 2.25. The van der Waals surface area contributed by atoms with Crippen molar-refractivity contribution in [1.82, 2.24) is 5.32 Å². The predicted molar refractivity (Wildman–Crippen MR) is 125 cm³/mol. The molecule has 0 aromatic heterocycles. The summed E-state index contributed by atoms with van der Waals surface area (Å²) in [5.41, 5.74) is 0.780. The summed E-state index contributed by atoms with van der Waals surface area (Å²) >= 11 is 4.07. The lowest BCUT2D eigenvalue weighted by Gasteiger charge is -2.23. The van der Waals surface area contributed by atoms with Gasteiger partial charge in [0.05, 0.1) is 7.14 Å². The molecule has 0 heterocycles.